The minimum absolute atomic E-state index is 0.239. The number of alkyl halides is 3. The number of nitrogens with one attached hydrogen (secondary N) is 2. The van der Waals surface area contributed by atoms with Gasteiger partial charge in [-0.25, -0.2) is 0 Å². The van der Waals surface area contributed by atoms with Gasteiger partial charge in [-0.3, -0.25) is 4.98 Å². The summed E-state index contributed by atoms with van der Waals surface area (Å²) in [7, 11) is 0. The third-order valence-corrected chi connectivity index (χ3v) is 3.17. The lowest BCUT2D eigenvalue weighted by atomic mass is 10.2. The Morgan fingerprint density at radius 1 is 1.04 bits per heavy atom. The van der Waals surface area contributed by atoms with Crippen LogP contribution >= 0.6 is 0 Å². The molecule has 0 amide bonds. The Hall–Kier alpha value is -3.23. The Morgan fingerprint density at radius 2 is 1.92 bits per heavy atom. The van der Waals surface area contributed by atoms with Gasteiger partial charge in [-0.05, 0) is 30.3 Å². The molecule has 0 fully saturated rings. The smallest absolute Gasteiger partial charge is 0.347 e. The number of hydrogen-bond acceptors (Lipinski definition) is 6. The maximum Gasteiger partial charge on any atom is 0.416 e. The van der Waals surface area contributed by atoms with E-state index in [0.29, 0.717) is 6.54 Å². The molecule has 25 heavy (non-hydrogen) atoms. The van der Waals surface area contributed by atoms with E-state index in [1.807, 2.05) is 12.1 Å². The molecule has 3 rings (SSSR count). The van der Waals surface area contributed by atoms with E-state index < -0.39 is 11.7 Å². The van der Waals surface area contributed by atoms with Gasteiger partial charge in [-0.15, -0.1) is 5.10 Å². The molecule has 0 saturated heterocycles. The fourth-order valence-corrected chi connectivity index (χ4v) is 2.03. The molecule has 0 bridgehead atoms. The Morgan fingerprint density at radius 3 is 2.68 bits per heavy atom. The third-order valence-electron chi connectivity index (χ3n) is 3.17. The standard InChI is InChI=1S/C16H13F3N6/c17-16(18,19)11-4-3-6-12(8-11)23-14-10-22-25-15(24-14)21-9-13-5-1-2-7-20-13/h1-8,10H,9H2,(H2,21,23,24,25). The van der Waals surface area contributed by atoms with Crippen LogP contribution in [0.2, 0.25) is 0 Å². The first-order chi connectivity index (χ1) is 12.0. The molecule has 0 aliphatic carbocycles. The fourth-order valence-electron chi connectivity index (χ4n) is 2.03. The Labute approximate surface area is 141 Å². The highest BCUT2D eigenvalue weighted by atomic mass is 19.4. The Bertz CT molecular complexity index is 839. The van der Waals surface area contributed by atoms with Crippen molar-refractivity contribution in [1.82, 2.24) is 20.2 Å². The largest absolute Gasteiger partial charge is 0.416 e. The lowest BCUT2D eigenvalue weighted by Gasteiger charge is -2.10. The van der Waals surface area contributed by atoms with Gasteiger partial charge in [-0.1, -0.05) is 12.1 Å². The van der Waals surface area contributed by atoms with Crippen LogP contribution in [-0.2, 0) is 12.7 Å². The van der Waals surface area contributed by atoms with Crippen molar-refractivity contribution in [3.63, 3.8) is 0 Å². The maximum atomic E-state index is 12.8. The number of halogens is 3. The predicted octanol–water partition coefficient (Wildman–Crippen LogP) is 3.64. The van der Waals surface area contributed by atoms with Crippen LogP contribution < -0.4 is 10.6 Å². The molecule has 128 valence electrons. The van der Waals surface area contributed by atoms with Crippen molar-refractivity contribution in [2.45, 2.75) is 12.7 Å². The summed E-state index contributed by atoms with van der Waals surface area (Å²) < 4.78 is 38.3. The fraction of sp³-hybridized carbons (Fsp3) is 0.125. The third kappa shape index (κ3) is 4.63. The first kappa shape index (κ1) is 16.6. The van der Waals surface area contributed by atoms with Crippen molar-refractivity contribution in [2.75, 3.05) is 10.6 Å². The first-order valence-electron chi connectivity index (χ1n) is 7.28. The topological polar surface area (TPSA) is 75.6 Å². The summed E-state index contributed by atoms with van der Waals surface area (Å²) in [6, 6.07) is 10.3. The molecule has 2 aromatic heterocycles. The second-order valence-corrected chi connectivity index (χ2v) is 5.04. The van der Waals surface area contributed by atoms with Gasteiger partial charge in [0.15, 0.2) is 5.82 Å². The van der Waals surface area contributed by atoms with Crippen LogP contribution in [-0.4, -0.2) is 20.2 Å². The number of nitrogens with zero attached hydrogens (tertiary/aromatic N) is 4. The van der Waals surface area contributed by atoms with Crippen molar-refractivity contribution in [1.29, 1.82) is 0 Å². The summed E-state index contributed by atoms with van der Waals surface area (Å²) in [6.07, 6.45) is -1.41. The molecule has 0 unspecified atom stereocenters. The SMILES string of the molecule is FC(F)(F)c1cccc(Nc2cnnc(NCc3ccccn3)n2)c1. The van der Waals surface area contributed by atoms with Crippen molar-refractivity contribution in [3.8, 4) is 0 Å². The van der Waals surface area contributed by atoms with Crippen molar-refractivity contribution < 1.29 is 13.2 Å². The van der Waals surface area contributed by atoms with Crippen LogP contribution in [0, 0.1) is 0 Å². The summed E-state index contributed by atoms with van der Waals surface area (Å²) in [5.41, 5.74) is 0.307. The summed E-state index contributed by atoms with van der Waals surface area (Å²) in [4.78, 5) is 8.33. The molecule has 1 aromatic carbocycles. The van der Waals surface area contributed by atoms with Crippen molar-refractivity contribution in [2.24, 2.45) is 0 Å². The highest BCUT2D eigenvalue weighted by Crippen LogP contribution is 2.31. The van der Waals surface area contributed by atoms with E-state index >= 15 is 0 Å². The number of hydrogen-bond donors (Lipinski definition) is 2. The van der Waals surface area contributed by atoms with Gasteiger partial charge in [0.1, 0.15) is 0 Å². The van der Waals surface area contributed by atoms with Gasteiger partial charge < -0.3 is 10.6 Å². The van der Waals surface area contributed by atoms with Crippen LogP contribution in [0.3, 0.4) is 0 Å². The zero-order valence-electron chi connectivity index (χ0n) is 12.8. The monoisotopic (exact) mass is 346 g/mol. The zero-order chi connectivity index (χ0) is 17.7. The van der Waals surface area contributed by atoms with E-state index in [4.69, 9.17) is 0 Å². The first-order valence-corrected chi connectivity index (χ1v) is 7.28. The molecule has 6 nitrogen and oxygen atoms in total. The van der Waals surface area contributed by atoms with Crippen molar-refractivity contribution >= 4 is 17.5 Å². The zero-order valence-corrected chi connectivity index (χ0v) is 12.8. The summed E-state index contributed by atoms with van der Waals surface area (Å²) >= 11 is 0. The van der Waals surface area contributed by atoms with E-state index in [2.05, 4.69) is 30.8 Å². The van der Waals surface area contributed by atoms with E-state index in [1.165, 1.54) is 18.3 Å². The Kier molecular flexibility index (Phi) is 4.73. The molecule has 3 aromatic rings. The van der Waals surface area contributed by atoms with Gasteiger partial charge in [-0.2, -0.15) is 23.3 Å². The molecule has 0 aliphatic rings. The number of benzene rings is 1. The molecule has 0 saturated carbocycles. The van der Waals surface area contributed by atoms with Crippen LogP contribution in [0.5, 0.6) is 0 Å². The number of aromatic nitrogens is 4. The molecule has 9 heteroatoms. The number of rotatable bonds is 5. The summed E-state index contributed by atoms with van der Waals surface area (Å²) in [5.74, 6) is 0.514. The minimum Gasteiger partial charge on any atom is -0.347 e. The highest BCUT2D eigenvalue weighted by Gasteiger charge is 2.30. The average Bonchev–Trinajstić information content (AvgIpc) is 2.61. The van der Waals surface area contributed by atoms with Crippen LogP contribution in [0.4, 0.5) is 30.6 Å². The average molecular weight is 346 g/mol. The Balaban J connectivity index is 1.69. The van der Waals surface area contributed by atoms with E-state index in [-0.39, 0.29) is 17.5 Å². The summed E-state index contributed by atoms with van der Waals surface area (Å²) in [5, 5.41) is 13.4. The molecule has 0 atom stereocenters. The quantitative estimate of drug-likeness (QED) is 0.735. The number of anilines is 3. The van der Waals surface area contributed by atoms with E-state index in [1.54, 1.807) is 12.3 Å². The molecule has 2 N–H and O–H groups in total. The van der Waals surface area contributed by atoms with Gasteiger partial charge in [0.2, 0.25) is 5.95 Å². The molecular formula is C16H13F3N6. The predicted molar refractivity (Wildman–Crippen MR) is 86.1 cm³/mol. The van der Waals surface area contributed by atoms with Crippen LogP contribution in [0.1, 0.15) is 11.3 Å². The van der Waals surface area contributed by atoms with E-state index in [9.17, 15) is 13.2 Å². The summed E-state index contributed by atoms with van der Waals surface area (Å²) in [6.45, 7) is 0.398. The molecule has 2 heterocycles. The highest BCUT2D eigenvalue weighted by molar-refractivity contribution is 5.57. The maximum absolute atomic E-state index is 12.8. The minimum atomic E-state index is -4.41. The van der Waals surface area contributed by atoms with Crippen LogP contribution in [0.15, 0.2) is 54.9 Å². The second kappa shape index (κ2) is 7.12. The normalized spacial score (nSPS) is 11.2. The molecule has 0 spiro atoms. The van der Waals surface area contributed by atoms with Crippen LogP contribution in [0.25, 0.3) is 0 Å². The van der Waals surface area contributed by atoms with Gasteiger partial charge in [0.25, 0.3) is 0 Å². The van der Waals surface area contributed by atoms with Gasteiger partial charge >= 0.3 is 6.18 Å². The van der Waals surface area contributed by atoms with Gasteiger partial charge in [0, 0.05) is 11.9 Å². The lowest BCUT2D eigenvalue weighted by molar-refractivity contribution is -0.137. The van der Waals surface area contributed by atoms with Crippen molar-refractivity contribution in [3.05, 3.63) is 66.1 Å². The molecular weight excluding hydrogens is 333 g/mol. The van der Waals surface area contributed by atoms with E-state index in [0.717, 1.165) is 17.8 Å². The second-order valence-electron chi connectivity index (χ2n) is 5.04. The lowest BCUT2D eigenvalue weighted by Crippen LogP contribution is -2.08. The molecule has 0 radical (unpaired) electrons. The molecule has 0 aliphatic heterocycles. The number of pyridine rings is 1. The van der Waals surface area contributed by atoms with Gasteiger partial charge in [0.05, 0.1) is 24.0 Å².